The van der Waals surface area contributed by atoms with Crippen LogP contribution in [0.1, 0.15) is 0 Å². The van der Waals surface area contributed by atoms with Crippen LogP contribution in [0.5, 0.6) is 0 Å². The van der Waals surface area contributed by atoms with Gasteiger partial charge in [-0.05, 0) is 0 Å². The zero-order valence-electron chi connectivity index (χ0n) is 3.60. The maximum atomic E-state index is 10.4. The molecule has 0 saturated heterocycles. The average Bonchev–Trinajstić information content (AvgIpc) is 1.98. The van der Waals surface area contributed by atoms with E-state index >= 15 is 0 Å². The summed E-state index contributed by atoms with van der Waals surface area (Å²) in [5.41, 5.74) is 0. The van der Waals surface area contributed by atoms with E-state index in [1.165, 1.54) is 6.21 Å². The molecule has 0 aromatic heterocycles. The summed E-state index contributed by atoms with van der Waals surface area (Å²) in [6.45, 7) is 0. The number of halogens is 2. The molecule has 0 spiro atoms. The highest BCUT2D eigenvalue weighted by Crippen LogP contribution is 2.21. The Hall–Kier alpha value is 0.140. The number of allylic oxidation sites excluding steroid dienone is 1. The molecule has 0 N–H and O–H groups in total. The molecule has 0 saturated carbocycles. The second-order valence-electron chi connectivity index (χ2n) is 1.11. The van der Waals surface area contributed by atoms with Crippen LogP contribution in [-0.2, 0) is 11.0 Å². The Morgan fingerprint density at radius 3 is 2.38 bits per heavy atom. The maximum Gasteiger partial charge on any atom is 0.185 e. The SMILES string of the molecule is O=S1N=CC(Cl)=C1Cl. The van der Waals surface area contributed by atoms with Crippen molar-refractivity contribution in [3.63, 3.8) is 0 Å². The summed E-state index contributed by atoms with van der Waals surface area (Å²) >= 11 is 10.7. The summed E-state index contributed by atoms with van der Waals surface area (Å²) in [5, 5.41) is 0.269. The number of hydrogen-bond donors (Lipinski definition) is 0. The molecule has 2 nitrogen and oxygen atoms in total. The van der Waals surface area contributed by atoms with Gasteiger partial charge >= 0.3 is 0 Å². The Morgan fingerprint density at radius 2 is 2.25 bits per heavy atom. The lowest BCUT2D eigenvalue weighted by Gasteiger charge is -1.80. The van der Waals surface area contributed by atoms with Gasteiger partial charge in [0.15, 0.2) is 11.0 Å². The second kappa shape index (κ2) is 2.17. The van der Waals surface area contributed by atoms with Gasteiger partial charge in [-0.25, -0.2) is 4.21 Å². The molecular weight excluding hydrogens is 169 g/mol. The van der Waals surface area contributed by atoms with Gasteiger partial charge in [0, 0.05) is 0 Å². The fraction of sp³-hybridized carbons (Fsp3) is 0. The van der Waals surface area contributed by atoms with Crippen LogP contribution >= 0.6 is 23.2 Å². The summed E-state index contributed by atoms with van der Waals surface area (Å²) in [4.78, 5) is 0. The molecule has 5 heteroatoms. The van der Waals surface area contributed by atoms with Crippen molar-refractivity contribution in [2.24, 2.45) is 4.40 Å². The molecule has 0 amide bonds. The number of nitrogens with zero attached hydrogens (tertiary/aromatic N) is 1. The van der Waals surface area contributed by atoms with E-state index in [4.69, 9.17) is 23.2 Å². The summed E-state index contributed by atoms with van der Waals surface area (Å²) < 4.78 is 13.9. The molecule has 0 aromatic rings. The Bertz CT molecular complexity index is 193. The first kappa shape index (κ1) is 6.26. The summed E-state index contributed by atoms with van der Waals surface area (Å²) in [7, 11) is -1.42. The second-order valence-corrected chi connectivity index (χ2v) is 3.23. The van der Waals surface area contributed by atoms with Gasteiger partial charge in [0.25, 0.3) is 0 Å². The van der Waals surface area contributed by atoms with E-state index in [-0.39, 0.29) is 9.40 Å². The van der Waals surface area contributed by atoms with Crippen LogP contribution in [-0.4, -0.2) is 10.4 Å². The Balaban J connectivity index is 3.02. The van der Waals surface area contributed by atoms with Crippen molar-refractivity contribution in [2.75, 3.05) is 0 Å². The third kappa shape index (κ3) is 0.940. The predicted molar refractivity (Wildman–Crippen MR) is 35.4 cm³/mol. The van der Waals surface area contributed by atoms with E-state index in [0.29, 0.717) is 0 Å². The quantitative estimate of drug-likeness (QED) is 0.539. The fourth-order valence-electron chi connectivity index (χ4n) is 0.275. The van der Waals surface area contributed by atoms with Crippen LogP contribution in [0.3, 0.4) is 0 Å². The van der Waals surface area contributed by atoms with Crippen molar-refractivity contribution >= 4 is 40.4 Å². The van der Waals surface area contributed by atoms with Gasteiger partial charge in [-0.3, -0.25) is 0 Å². The molecule has 8 heavy (non-hydrogen) atoms. The first-order valence-corrected chi connectivity index (χ1v) is 3.59. The van der Waals surface area contributed by atoms with Crippen molar-refractivity contribution in [2.45, 2.75) is 0 Å². The Morgan fingerprint density at radius 1 is 1.62 bits per heavy atom. The first-order chi connectivity index (χ1) is 3.72. The summed E-state index contributed by atoms with van der Waals surface area (Å²) in [6, 6.07) is 0. The normalized spacial score (nSPS) is 27.5. The van der Waals surface area contributed by atoms with Gasteiger partial charge in [-0.2, -0.15) is 4.40 Å². The molecule has 1 heterocycles. The lowest BCUT2D eigenvalue weighted by atomic mass is 10.7. The molecule has 1 aliphatic heterocycles. The molecule has 1 unspecified atom stereocenters. The zero-order valence-corrected chi connectivity index (χ0v) is 5.93. The fourth-order valence-corrected chi connectivity index (χ4v) is 1.26. The highest BCUT2D eigenvalue weighted by molar-refractivity contribution is 7.90. The van der Waals surface area contributed by atoms with Crippen LogP contribution in [0.15, 0.2) is 13.8 Å². The average molecular weight is 170 g/mol. The van der Waals surface area contributed by atoms with Crippen LogP contribution < -0.4 is 0 Å². The molecule has 0 radical (unpaired) electrons. The van der Waals surface area contributed by atoms with Gasteiger partial charge in [0.05, 0.1) is 11.2 Å². The predicted octanol–water partition coefficient (Wildman–Crippen LogP) is 1.38. The standard InChI is InChI=1S/C3HCl2NOS/c4-2-1-6-8(7)3(2)5/h1H. The van der Waals surface area contributed by atoms with E-state index in [9.17, 15) is 4.21 Å². The highest BCUT2D eigenvalue weighted by atomic mass is 35.5. The van der Waals surface area contributed by atoms with Crippen molar-refractivity contribution in [1.29, 1.82) is 0 Å². The molecule has 1 rings (SSSR count). The van der Waals surface area contributed by atoms with Crippen LogP contribution in [0.25, 0.3) is 0 Å². The molecule has 0 bridgehead atoms. The lowest BCUT2D eigenvalue weighted by molar-refractivity contribution is 0.689. The van der Waals surface area contributed by atoms with E-state index in [2.05, 4.69) is 4.40 Å². The maximum absolute atomic E-state index is 10.4. The van der Waals surface area contributed by atoms with Crippen molar-refractivity contribution in [3.8, 4) is 0 Å². The van der Waals surface area contributed by atoms with Crippen molar-refractivity contribution < 1.29 is 4.21 Å². The minimum Gasteiger partial charge on any atom is -0.228 e. The summed E-state index contributed by atoms with van der Waals surface area (Å²) in [5.74, 6) is 0. The number of hydrogen-bond acceptors (Lipinski definition) is 1. The van der Waals surface area contributed by atoms with Crippen molar-refractivity contribution in [3.05, 3.63) is 9.40 Å². The van der Waals surface area contributed by atoms with Crippen LogP contribution in [0.2, 0.25) is 0 Å². The zero-order chi connectivity index (χ0) is 6.15. The van der Waals surface area contributed by atoms with Crippen molar-refractivity contribution in [1.82, 2.24) is 0 Å². The smallest absolute Gasteiger partial charge is 0.185 e. The minimum atomic E-state index is -1.42. The molecular formula is C3HCl2NOS. The lowest BCUT2D eigenvalue weighted by Crippen LogP contribution is -1.75. The topological polar surface area (TPSA) is 29.4 Å². The number of rotatable bonds is 0. The molecule has 0 fully saturated rings. The highest BCUT2D eigenvalue weighted by Gasteiger charge is 2.12. The third-order valence-corrected chi connectivity index (χ3v) is 2.52. The Labute approximate surface area is 58.8 Å². The molecule has 0 aromatic carbocycles. The van der Waals surface area contributed by atoms with Gasteiger partial charge in [-0.1, -0.05) is 23.2 Å². The van der Waals surface area contributed by atoms with Gasteiger partial charge in [-0.15, -0.1) is 0 Å². The largest absolute Gasteiger partial charge is 0.228 e. The van der Waals surface area contributed by atoms with E-state index in [0.717, 1.165) is 0 Å². The molecule has 44 valence electrons. The first-order valence-electron chi connectivity index (χ1n) is 1.73. The van der Waals surface area contributed by atoms with E-state index < -0.39 is 11.0 Å². The van der Waals surface area contributed by atoms with Crippen LogP contribution in [0, 0.1) is 0 Å². The Kier molecular flexibility index (Phi) is 1.70. The minimum absolute atomic E-state index is 0.117. The van der Waals surface area contributed by atoms with Crippen LogP contribution in [0.4, 0.5) is 0 Å². The van der Waals surface area contributed by atoms with Gasteiger partial charge < -0.3 is 0 Å². The van der Waals surface area contributed by atoms with Gasteiger partial charge in [0.2, 0.25) is 0 Å². The molecule has 0 aliphatic carbocycles. The molecule has 1 aliphatic rings. The monoisotopic (exact) mass is 169 g/mol. The third-order valence-electron chi connectivity index (χ3n) is 0.603. The summed E-state index contributed by atoms with van der Waals surface area (Å²) in [6.07, 6.45) is 1.28. The molecule has 1 atom stereocenters. The van der Waals surface area contributed by atoms with Gasteiger partial charge in [0.1, 0.15) is 4.36 Å². The van der Waals surface area contributed by atoms with E-state index in [1.807, 2.05) is 0 Å². The van der Waals surface area contributed by atoms with E-state index in [1.54, 1.807) is 0 Å².